The lowest BCUT2D eigenvalue weighted by Crippen LogP contribution is -2.38. The second kappa shape index (κ2) is 5.79. The van der Waals surface area contributed by atoms with E-state index in [1.807, 2.05) is 6.92 Å². The van der Waals surface area contributed by atoms with Crippen LogP contribution in [0.3, 0.4) is 0 Å². The Morgan fingerprint density at radius 1 is 1.25 bits per heavy atom. The Morgan fingerprint density at radius 2 is 1.90 bits per heavy atom. The van der Waals surface area contributed by atoms with Crippen LogP contribution in [0, 0.1) is 24.0 Å². The molecule has 0 unspecified atom stereocenters. The topological polar surface area (TPSA) is 72.6 Å². The molecule has 1 fully saturated rings. The Morgan fingerprint density at radius 3 is 2.50 bits per heavy atom. The summed E-state index contributed by atoms with van der Waals surface area (Å²) >= 11 is 0. The maximum atomic E-state index is 11.0. The van der Waals surface area contributed by atoms with Gasteiger partial charge in [0.05, 0.1) is 16.6 Å². The molecule has 0 spiro atoms. The first-order valence-corrected chi connectivity index (χ1v) is 7.02. The van der Waals surface area contributed by atoms with Crippen molar-refractivity contribution in [3.05, 3.63) is 33.4 Å². The van der Waals surface area contributed by atoms with Crippen molar-refractivity contribution in [1.82, 2.24) is 0 Å². The fourth-order valence-corrected chi connectivity index (χ4v) is 2.74. The van der Waals surface area contributed by atoms with E-state index in [0.29, 0.717) is 11.3 Å². The molecule has 2 rings (SSSR count). The third kappa shape index (κ3) is 3.28. The summed E-state index contributed by atoms with van der Waals surface area (Å²) in [6.07, 6.45) is 4.64. The van der Waals surface area contributed by atoms with Crippen LogP contribution >= 0.6 is 0 Å². The van der Waals surface area contributed by atoms with E-state index in [9.17, 15) is 15.2 Å². The molecule has 0 radical (unpaired) electrons. The van der Waals surface area contributed by atoms with Gasteiger partial charge in [-0.25, -0.2) is 0 Å². The molecule has 0 aromatic heterocycles. The Labute approximate surface area is 118 Å². The van der Waals surface area contributed by atoms with Gasteiger partial charge in [-0.2, -0.15) is 0 Å². The van der Waals surface area contributed by atoms with Crippen molar-refractivity contribution in [2.45, 2.75) is 51.6 Å². The van der Waals surface area contributed by atoms with E-state index < -0.39 is 10.5 Å². The SMILES string of the molecule is Cc1cc(C)c([N+](=O)[O-])cc1OCC1(O)CCCCC1. The van der Waals surface area contributed by atoms with E-state index in [-0.39, 0.29) is 12.3 Å². The van der Waals surface area contributed by atoms with E-state index in [1.165, 1.54) is 6.07 Å². The fraction of sp³-hybridized carbons (Fsp3) is 0.600. The lowest BCUT2D eigenvalue weighted by molar-refractivity contribution is -0.385. The number of nitro groups is 1. The summed E-state index contributed by atoms with van der Waals surface area (Å²) in [6, 6.07) is 3.20. The first-order valence-electron chi connectivity index (χ1n) is 7.02. The zero-order chi connectivity index (χ0) is 14.8. The van der Waals surface area contributed by atoms with E-state index in [4.69, 9.17) is 4.74 Å². The van der Waals surface area contributed by atoms with Crippen LogP contribution in [0.1, 0.15) is 43.2 Å². The van der Waals surface area contributed by atoms with Gasteiger partial charge in [0.25, 0.3) is 5.69 Å². The second-order valence-corrected chi connectivity index (χ2v) is 5.73. The first-order chi connectivity index (χ1) is 9.41. The Bertz CT molecular complexity index is 507. The molecule has 1 N–H and O–H groups in total. The van der Waals surface area contributed by atoms with Gasteiger partial charge in [-0.1, -0.05) is 19.3 Å². The van der Waals surface area contributed by atoms with E-state index in [1.54, 1.807) is 13.0 Å². The minimum Gasteiger partial charge on any atom is -0.490 e. The molecule has 5 nitrogen and oxygen atoms in total. The van der Waals surface area contributed by atoms with Gasteiger partial charge in [0.1, 0.15) is 12.4 Å². The number of hydrogen-bond acceptors (Lipinski definition) is 4. The Kier molecular flexibility index (Phi) is 4.28. The number of ether oxygens (including phenoxy) is 1. The van der Waals surface area contributed by atoms with Crippen molar-refractivity contribution in [1.29, 1.82) is 0 Å². The maximum absolute atomic E-state index is 11.0. The Balaban J connectivity index is 2.12. The summed E-state index contributed by atoms with van der Waals surface area (Å²) < 4.78 is 5.67. The van der Waals surface area contributed by atoms with Gasteiger partial charge >= 0.3 is 0 Å². The van der Waals surface area contributed by atoms with Crippen molar-refractivity contribution in [2.24, 2.45) is 0 Å². The lowest BCUT2D eigenvalue weighted by atomic mass is 9.85. The molecule has 0 saturated heterocycles. The minimum atomic E-state index is -0.787. The van der Waals surface area contributed by atoms with Gasteiger partial charge in [-0.05, 0) is 38.3 Å². The van der Waals surface area contributed by atoms with Crippen LogP contribution in [0.5, 0.6) is 5.75 Å². The third-order valence-electron chi connectivity index (χ3n) is 3.97. The molecule has 1 aromatic carbocycles. The van der Waals surface area contributed by atoms with Crippen LogP contribution in [-0.4, -0.2) is 22.2 Å². The molecule has 5 heteroatoms. The number of benzene rings is 1. The van der Waals surface area contributed by atoms with Crippen LogP contribution < -0.4 is 4.74 Å². The standard InChI is InChI=1S/C15H21NO4/c1-11-8-12(2)14(9-13(11)16(18)19)20-10-15(17)6-4-3-5-7-15/h8-9,17H,3-7,10H2,1-2H3. The highest BCUT2D eigenvalue weighted by atomic mass is 16.6. The molecule has 0 amide bonds. The summed E-state index contributed by atoms with van der Waals surface area (Å²) in [5, 5.41) is 21.4. The maximum Gasteiger partial charge on any atom is 0.276 e. The van der Waals surface area contributed by atoms with E-state index >= 15 is 0 Å². The average molecular weight is 279 g/mol. The number of nitrogens with zero attached hydrogens (tertiary/aromatic N) is 1. The summed E-state index contributed by atoms with van der Waals surface area (Å²) in [5.41, 5.74) is 0.745. The molecule has 1 saturated carbocycles. The van der Waals surface area contributed by atoms with Crippen LogP contribution in [0.2, 0.25) is 0 Å². The number of nitro benzene ring substituents is 1. The highest BCUT2D eigenvalue weighted by molar-refractivity contribution is 5.49. The van der Waals surface area contributed by atoms with Crippen molar-refractivity contribution in [3.8, 4) is 5.75 Å². The summed E-state index contributed by atoms with van der Waals surface area (Å²) in [7, 11) is 0. The molecular weight excluding hydrogens is 258 g/mol. The van der Waals surface area contributed by atoms with E-state index in [0.717, 1.165) is 37.7 Å². The number of aryl methyl sites for hydroxylation is 2. The molecule has 0 bridgehead atoms. The molecule has 1 aromatic rings. The normalized spacial score (nSPS) is 17.8. The quantitative estimate of drug-likeness (QED) is 0.678. The fourth-order valence-electron chi connectivity index (χ4n) is 2.74. The van der Waals surface area contributed by atoms with Crippen LogP contribution in [0.15, 0.2) is 12.1 Å². The van der Waals surface area contributed by atoms with Crippen LogP contribution in [0.25, 0.3) is 0 Å². The second-order valence-electron chi connectivity index (χ2n) is 5.73. The van der Waals surface area contributed by atoms with Gasteiger partial charge in [-0.3, -0.25) is 10.1 Å². The number of aliphatic hydroxyl groups is 1. The molecule has 1 aliphatic rings. The first kappa shape index (κ1) is 14.8. The average Bonchev–Trinajstić information content (AvgIpc) is 2.38. The van der Waals surface area contributed by atoms with Gasteiger partial charge < -0.3 is 9.84 Å². The zero-order valence-corrected chi connectivity index (χ0v) is 12.0. The van der Waals surface area contributed by atoms with Gasteiger partial charge in [0.2, 0.25) is 0 Å². The molecule has 110 valence electrons. The van der Waals surface area contributed by atoms with Crippen molar-refractivity contribution >= 4 is 5.69 Å². The van der Waals surface area contributed by atoms with Crippen LogP contribution in [-0.2, 0) is 0 Å². The van der Waals surface area contributed by atoms with Gasteiger partial charge in [0.15, 0.2) is 0 Å². The Hall–Kier alpha value is -1.62. The zero-order valence-electron chi connectivity index (χ0n) is 12.0. The molecule has 1 aliphatic carbocycles. The highest BCUT2D eigenvalue weighted by Crippen LogP contribution is 2.32. The molecule has 0 heterocycles. The molecular formula is C15H21NO4. The summed E-state index contributed by atoms with van der Waals surface area (Å²) in [6.45, 7) is 3.77. The van der Waals surface area contributed by atoms with Crippen molar-refractivity contribution in [3.63, 3.8) is 0 Å². The predicted molar refractivity (Wildman–Crippen MR) is 76.1 cm³/mol. The molecule has 0 atom stereocenters. The lowest BCUT2D eigenvalue weighted by Gasteiger charge is -2.31. The largest absolute Gasteiger partial charge is 0.490 e. The van der Waals surface area contributed by atoms with E-state index in [2.05, 4.69) is 0 Å². The number of hydrogen-bond donors (Lipinski definition) is 1. The third-order valence-corrected chi connectivity index (χ3v) is 3.97. The molecule has 20 heavy (non-hydrogen) atoms. The van der Waals surface area contributed by atoms with Crippen LogP contribution in [0.4, 0.5) is 5.69 Å². The van der Waals surface area contributed by atoms with Crippen molar-refractivity contribution in [2.75, 3.05) is 6.61 Å². The predicted octanol–water partition coefficient (Wildman–Crippen LogP) is 3.29. The monoisotopic (exact) mass is 279 g/mol. The number of rotatable bonds is 4. The van der Waals surface area contributed by atoms with Crippen molar-refractivity contribution < 1.29 is 14.8 Å². The highest BCUT2D eigenvalue weighted by Gasteiger charge is 2.30. The van der Waals surface area contributed by atoms with Gasteiger partial charge in [0, 0.05) is 5.56 Å². The smallest absolute Gasteiger partial charge is 0.276 e. The summed E-state index contributed by atoms with van der Waals surface area (Å²) in [5.74, 6) is 0.487. The summed E-state index contributed by atoms with van der Waals surface area (Å²) in [4.78, 5) is 10.5. The molecule has 0 aliphatic heterocycles. The van der Waals surface area contributed by atoms with Gasteiger partial charge in [-0.15, -0.1) is 0 Å². The minimum absolute atomic E-state index is 0.0567.